The van der Waals surface area contributed by atoms with Gasteiger partial charge >= 0.3 is 6.09 Å². The predicted octanol–water partition coefficient (Wildman–Crippen LogP) is 1.60. The van der Waals surface area contributed by atoms with Crippen LogP contribution in [-0.4, -0.2) is 39.5 Å². The minimum atomic E-state index is -0.496. The van der Waals surface area contributed by atoms with Crippen molar-refractivity contribution >= 4 is 17.1 Å². The summed E-state index contributed by atoms with van der Waals surface area (Å²) in [6, 6.07) is 2.38. The number of nitrogens with zero attached hydrogens (tertiary/aromatic N) is 3. The summed E-state index contributed by atoms with van der Waals surface area (Å²) in [6.45, 7) is 7.76. The number of rotatable bonds is 3. The fraction of sp³-hybridized carbons (Fsp3) is 0.533. The molecule has 0 saturated carbocycles. The molecular weight excluding hydrogens is 282 g/mol. The average Bonchev–Trinajstić information content (AvgIpc) is 2.76. The summed E-state index contributed by atoms with van der Waals surface area (Å²) in [5.41, 5.74) is 1.31. The molecule has 1 aliphatic rings. The number of carbonyl (C=O) groups excluding carboxylic acids is 1. The van der Waals surface area contributed by atoms with Gasteiger partial charge in [-0.05, 0) is 32.4 Å². The molecule has 0 unspecified atom stereocenters. The molecule has 22 heavy (non-hydrogen) atoms. The van der Waals surface area contributed by atoms with Gasteiger partial charge in [0.25, 0.3) is 0 Å². The lowest BCUT2D eigenvalue weighted by Gasteiger charge is -2.27. The van der Waals surface area contributed by atoms with E-state index in [9.17, 15) is 4.79 Å². The van der Waals surface area contributed by atoms with Crippen LogP contribution in [0.25, 0.3) is 11.0 Å². The van der Waals surface area contributed by atoms with Crippen LogP contribution in [0.4, 0.5) is 4.79 Å². The molecule has 0 aliphatic carbocycles. The van der Waals surface area contributed by atoms with E-state index in [2.05, 4.69) is 20.7 Å². The zero-order valence-corrected chi connectivity index (χ0v) is 13.1. The first-order valence-corrected chi connectivity index (χ1v) is 7.42. The SMILES string of the molecule is CC(C)(C)OC(=O)NCc1cnc2c(cnn2C2CNC2)c1. The summed E-state index contributed by atoms with van der Waals surface area (Å²) in [6.07, 6.45) is 3.16. The van der Waals surface area contributed by atoms with Crippen molar-refractivity contribution in [3.8, 4) is 0 Å². The maximum atomic E-state index is 11.7. The van der Waals surface area contributed by atoms with E-state index in [1.54, 1.807) is 6.20 Å². The van der Waals surface area contributed by atoms with E-state index < -0.39 is 11.7 Å². The first kappa shape index (κ1) is 14.8. The smallest absolute Gasteiger partial charge is 0.407 e. The Bertz CT molecular complexity index is 685. The van der Waals surface area contributed by atoms with Gasteiger partial charge in [0.2, 0.25) is 0 Å². The summed E-state index contributed by atoms with van der Waals surface area (Å²) >= 11 is 0. The van der Waals surface area contributed by atoms with Gasteiger partial charge in [-0.2, -0.15) is 5.10 Å². The Kier molecular flexibility index (Phi) is 3.74. The fourth-order valence-electron chi connectivity index (χ4n) is 2.28. The highest BCUT2D eigenvalue weighted by atomic mass is 16.6. The highest BCUT2D eigenvalue weighted by molar-refractivity contribution is 5.75. The molecule has 2 aromatic rings. The van der Waals surface area contributed by atoms with Gasteiger partial charge in [0, 0.05) is 31.2 Å². The molecule has 3 heterocycles. The normalized spacial score (nSPS) is 15.6. The lowest BCUT2D eigenvalue weighted by atomic mass is 10.2. The van der Waals surface area contributed by atoms with Crippen molar-refractivity contribution < 1.29 is 9.53 Å². The van der Waals surface area contributed by atoms with Crippen LogP contribution in [0.3, 0.4) is 0 Å². The number of pyridine rings is 1. The van der Waals surface area contributed by atoms with Crippen LogP contribution < -0.4 is 10.6 Å². The summed E-state index contributed by atoms with van der Waals surface area (Å²) in [7, 11) is 0. The molecule has 1 saturated heterocycles. The van der Waals surface area contributed by atoms with E-state index in [1.807, 2.05) is 37.7 Å². The largest absolute Gasteiger partial charge is 0.444 e. The third kappa shape index (κ3) is 3.19. The third-order valence-corrected chi connectivity index (χ3v) is 3.43. The van der Waals surface area contributed by atoms with Gasteiger partial charge in [-0.15, -0.1) is 0 Å². The quantitative estimate of drug-likeness (QED) is 0.900. The fourth-order valence-corrected chi connectivity index (χ4v) is 2.28. The minimum Gasteiger partial charge on any atom is -0.444 e. The molecule has 0 radical (unpaired) electrons. The van der Waals surface area contributed by atoms with Crippen molar-refractivity contribution in [3.05, 3.63) is 24.0 Å². The van der Waals surface area contributed by atoms with Crippen LogP contribution in [0.1, 0.15) is 32.4 Å². The molecule has 2 N–H and O–H groups in total. The number of ether oxygens (including phenoxy) is 1. The van der Waals surface area contributed by atoms with Gasteiger partial charge in [-0.25, -0.2) is 14.5 Å². The molecule has 0 spiro atoms. The van der Waals surface area contributed by atoms with E-state index in [0.29, 0.717) is 12.6 Å². The summed E-state index contributed by atoms with van der Waals surface area (Å²) in [4.78, 5) is 16.1. The van der Waals surface area contributed by atoms with Gasteiger partial charge in [-0.1, -0.05) is 0 Å². The second-order valence-corrected chi connectivity index (χ2v) is 6.51. The number of fused-ring (bicyclic) bond motifs is 1. The molecule has 1 fully saturated rings. The van der Waals surface area contributed by atoms with Crippen molar-refractivity contribution in [2.75, 3.05) is 13.1 Å². The molecular formula is C15H21N5O2. The van der Waals surface area contributed by atoms with Crippen LogP contribution in [0, 0.1) is 0 Å². The number of carbonyl (C=O) groups is 1. The average molecular weight is 303 g/mol. The molecule has 2 aromatic heterocycles. The molecule has 1 amide bonds. The van der Waals surface area contributed by atoms with Crippen molar-refractivity contribution in [3.63, 3.8) is 0 Å². The van der Waals surface area contributed by atoms with Crippen LogP contribution in [0.5, 0.6) is 0 Å². The highest BCUT2D eigenvalue weighted by Crippen LogP contribution is 2.19. The number of aromatic nitrogens is 3. The van der Waals surface area contributed by atoms with Gasteiger partial charge < -0.3 is 15.4 Å². The molecule has 118 valence electrons. The second kappa shape index (κ2) is 5.57. The van der Waals surface area contributed by atoms with Crippen molar-refractivity contribution in [1.29, 1.82) is 0 Å². The van der Waals surface area contributed by atoms with E-state index >= 15 is 0 Å². The summed E-state index contributed by atoms with van der Waals surface area (Å²) < 4.78 is 7.17. The number of hydrogen-bond donors (Lipinski definition) is 2. The van der Waals surface area contributed by atoms with Gasteiger partial charge in [0.15, 0.2) is 5.65 Å². The van der Waals surface area contributed by atoms with Crippen LogP contribution in [-0.2, 0) is 11.3 Å². The second-order valence-electron chi connectivity index (χ2n) is 6.51. The molecule has 0 bridgehead atoms. The molecule has 0 aromatic carbocycles. The maximum absolute atomic E-state index is 11.7. The standard InChI is InChI=1S/C15H21N5O2/c1-15(2,3)22-14(21)18-6-10-4-11-7-19-20(12-8-16-9-12)13(11)17-5-10/h4-5,7,12,16H,6,8-9H2,1-3H3,(H,18,21). The lowest BCUT2D eigenvalue weighted by molar-refractivity contribution is 0.0523. The Morgan fingerprint density at radius 1 is 1.45 bits per heavy atom. The summed E-state index contributed by atoms with van der Waals surface area (Å²) in [5, 5.41) is 11.3. The van der Waals surface area contributed by atoms with Gasteiger partial charge in [0.1, 0.15) is 5.60 Å². The Balaban J connectivity index is 1.66. The Labute approximate surface area is 129 Å². The zero-order chi connectivity index (χ0) is 15.7. The summed E-state index contributed by atoms with van der Waals surface area (Å²) in [5.74, 6) is 0. The van der Waals surface area contributed by atoms with Crippen LogP contribution in [0.2, 0.25) is 0 Å². The Hall–Kier alpha value is -2.15. The Morgan fingerprint density at radius 3 is 2.86 bits per heavy atom. The predicted molar refractivity (Wildman–Crippen MR) is 82.5 cm³/mol. The maximum Gasteiger partial charge on any atom is 0.407 e. The molecule has 1 aliphatic heterocycles. The first-order chi connectivity index (χ1) is 10.4. The van der Waals surface area contributed by atoms with Gasteiger partial charge in [-0.3, -0.25) is 0 Å². The zero-order valence-electron chi connectivity index (χ0n) is 13.1. The van der Waals surface area contributed by atoms with E-state index in [0.717, 1.165) is 29.7 Å². The van der Waals surface area contributed by atoms with E-state index in [4.69, 9.17) is 4.74 Å². The number of nitrogens with one attached hydrogen (secondary N) is 2. The first-order valence-electron chi connectivity index (χ1n) is 7.42. The molecule has 3 rings (SSSR count). The van der Waals surface area contributed by atoms with Crippen molar-refractivity contribution in [1.82, 2.24) is 25.4 Å². The number of amides is 1. The third-order valence-electron chi connectivity index (χ3n) is 3.43. The van der Waals surface area contributed by atoms with Gasteiger partial charge in [0.05, 0.1) is 12.2 Å². The van der Waals surface area contributed by atoms with E-state index in [1.165, 1.54) is 0 Å². The molecule has 7 heteroatoms. The molecule has 7 nitrogen and oxygen atoms in total. The highest BCUT2D eigenvalue weighted by Gasteiger charge is 2.22. The number of alkyl carbamates (subject to hydrolysis) is 1. The van der Waals surface area contributed by atoms with Crippen LogP contribution in [0.15, 0.2) is 18.5 Å². The monoisotopic (exact) mass is 303 g/mol. The van der Waals surface area contributed by atoms with Crippen molar-refractivity contribution in [2.45, 2.75) is 39.0 Å². The van der Waals surface area contributed by atoms with E-state index in [-0.39, 0.29) is 0 Å². The Morgan fingerprint density at radius 2 is 2.23 bits per heavy atom. The topological polar surface area (TPSA) is 81.1 Å². The lowest BCUT2D eigenvalue weighted by Crippen LogP contribution is -2.43. The number of hydrogen-bond acceptors (Lipinski definition) is 5. The van der Waals surface area contributed by atoms with Crippen molar-refractivity contribution in [2.24, 2.45) is 0 Å². The molecule has 0 atom stereocenters. The van der Waals surface area contributed by atoms with Crippen LogP contribution >= 0.6 is 0 Å². The minimum absolute atomic E-state index is 0.383.